The van der Waals surface area contributed by atoms with Crippen LogP contribution in [0.1, 0.15) is 22.5 Å². The van der Waals surface area contributed by atoms with Crippen LogP contribution in [0.2, 0.25) is 0 Å². The Labute approximate surface area is 116 Å². The van der Waals surface area contributed by atoms with Gasteiger partial charge in [0.2, 0.25) is 0 Å². The molecule has 0 bridgehead atoms. The van der Waals surface area contributed by atoms with Crippen molar-refractivity contribution < 1.29 is 19.4 Å². The van der Waals surface area contributed by atoms with Crippen LogP contribution in [-0.2, 0) is 4.74 Å². The van der Waals surface area contributed by atoms with Gasteiger partial charge in [0.1, 0.15) is 10.6 Å². The summed E-state index contributed by atoms with van der Waals surface area (Å²) in [6.07, 6.45) is 1.79. The van der Waals surface area contributed by atoms with E-state index in [-0.39, 0.29) is 18.6 Å². The average molecular weight is 285 g/mol. The van der Waals surface area contributed by atoms with Gasteiger partial charge in [-0.25, -0.2) is 0 Å². The van der Waals surface area contributed by atoms with E-state index in [0.29, 0.717) is 30.3 Å². The topological polar surface area (TPSA) is 59.0 Å². The molecule has 6 heteroatoms. The summed E-state index contributed by atoms with van der Waals surface area (Å²) in [6.45, 7) is 1.80. The van der Waals surface area contributed by atoms with Crippen LogP contribution in [0.3, 0.4) is 0 Å². The molecule has 0 saturated carbocycles. The number of rotatable bonds is 5. The van der Waals surface area contributed by atoms with E-state index < -0.39 is 0 Å². The number of thiophene rings is 1. The van der Waals surface area contributed by atoms with E-state index in [4.69, 9.17) is 14.6 Å². The predicted molar refractivity (Wildman–Crippen MR) is 72.8 cm³/mol. The normalized spacial score (nSPS) is 16.6. The Balaban J connectivity index is 1.89. The largest absolute Gasteiger partial charge is 0.495 e. The number of ether oxygens (including phenoxy) is 2. The smallest absolute Gasteiger partial charge is 0.267 e. The molecule has 1 N–H and O–H groups in total. The molecule has 0 atom stereocenters. The third-order valence-corrected chi connectivity index (χ3v) is 4.10. The summed E-state index contributed by atoms with van der Waals surface area (Å²) < 4.78 is 10.7. The lowest BCUT2D eigenvalue weighted by Crippen LogP contribution is -2.40. The summed E-state index contributed by atoms with van der Waals surface area (Å²) in [5, 5.41) is 10.6. The van der Waals surface area contributed by atoms with Crippen LogP contribution in [-0.4, -0.2) is 55.4 Å². The van der Waals surface area contributed by atoms with Crippen molar-refractivity contribution in [2.24, 2.45) is 0 Å². The lowest BCUT2D eigenvalue weighted by Gasteiger charge is -2.31. The van der Waals surface area contributed by atoms with Gasteiger partial charge >= 0.3 is 0 Å². The zero-order valence-electron chi connectivity index (χ0n) is 11.0. The zero-order chi connectivity index (χ0) is 13.7. The number of nitrogens with zero attached hydrogens (tertiary/aromatic N) is 1. The van der Waals surface area contributed by atoms with Gasteiger partial charge in [-0.05, 0) is 24.3 Å². The van der Waals surface area contributed by atoms with Crippen molar-refractivity contribution in [1.29, 1.82) is 0 Å². The quantitative estimate of drug-likeness (QED) is 0.887. The number of piperidine rings is 1. The first-order chi connectivity index (χ1) is 9.26. The summed E-state index contributed by atoms with van der Waals surface area (Å²) in [5.74, 6) is 0.682. The Morgan fingerprint density at radius 2 is 2.26 bits per heavy atom. The molecule has 106 valence electrons. The molecule has 0 spiro atoms. The van der Waals surface area contributed by atoms with E-state index in [1.165, 1.54) is 11.3 Å². The molecule has 0 aliphatic carbocycles. The second-order valence-electron chi connectivity index (χ2n) is 4.40. The van der Waals surface area contributed by atoms with Crippen LogP contribution in [0.5, 0.6) is 5.75 Å². The van der Waals surface area contributed by atoms with Gasteiger partial charge in [-0.1, -0.05) is 0 Å². The first-order valence-electron chi connectivity index (χ1n) is 6.39. The minimum atomic E-state index is 0.0347. The molecule has 0 unspecified atom stereocenters. The molecular formula is C13H19NO4S. The highest BCUT2D eigenvalue weighted by Gasteiger charge is 2.26. The second-order valence-corrected chi connectivity index (χ2v) is 5.32. The number of aliphatic hydroxyl groups excluding tert-OH is 1. The van der Waals surface area contributed by atoms with E-state index in [2.05, 4.69) is 0 Å². The molecule has 1 aliphatic heterocycles. The van der Waals surface area contributed by atoms with E-state index in [1.807, 2.05) is 16.3 Å². The van der Waals surface area contributed by atoms with Gasteiger partial charge in [0.15, 0.2) is 0 Å². The first kappa shape index (κ1) is 14.3. The highest BCUT2D eigenvalue weighted by molar-refractivity contribution is 7.12. The molecule has 1 aromatic heterocycles. The summed E-state index contributed by atoms with van der Waals surface area (Å²) >= 11 is 1.41. The number of carbonyl (C=O) groups excluding carboxylic acids is 1. The monoisotopic (exact) mass is 285 g/mol. The highest BCUT2D eigenvalue weighted by atomic mass is 32.1. The molecule has 1 aliphatic rings. The fraction of sp³-hybridized carbons (Fsp3) is 0.615. The summed E-state index contributed by atoms with van der Waals surface area (Å²) in [5.41, 5.74) is 0. The molecule has 2 rings (SSSR count). The van der Waals surface area contributed by atoms with E-state index in [0.717, 1.165) is 12.8 Å². The molecule has 5 nitrogen and oxygen atoms in total. The fourth-order valence-corrected chi connectivity index (χ4v) is 3.03. The second kappa shape index (κ2) is 6.88. The van der Waals surface area contributed by atoms with Crippen LogP contribution < -0.4 is 4.74 Å². The van der Waals surface area contributed by atoms with Crippen LogP contribution in [0.4, 0.5) is 0 Å². The van der Waals surface area contributed by atoms with Crippen molar-refractivity contribution in [2.75, 3.05) is 33.4 Å². The van der Waals surface area contributed by atoms with E-state index in [9.17, 15) is 4.79 Å². The Hall–Kier alpha value is -1.11. The Kier molecular flexibility index (Phi) is 5.18. The van der Waals surface area contributed by atoms with E-state index >= 15 is 0 Å². The van der Waals surface area contributed by atoms with Crippen LogP contribution in [0.15, 0.2) is 11.4 Å². The third-order valence-electron chi connectivity index (χ3n) is 3.22. The molecule has 1 fully saturated rings. The Morgan fingerprint density at radius 1 is 1.53 bits per heavy atom. The zero-order valence-corrected chi connectivity index (χ0v) is 11.8. The van der Waals surface area contributed by atoms with Crippen molar-refractivity contribution in [3.8, 4) is 5.75 Å². The number of hydrogen-bond donors (Lipinski definition) is 1. The standard InChI is InChI=1S/C13H19NO4S/c1-17-11-4-9-19-12(11)13(16)14-5-2-10(3-6-14)18-8-7-15/h4,9-10,15H,2-3,5-8H2,1H3. The predicted octanol–water partition coefficient (Wildman–Crippen LogP) is 1.37. The lowest BCUT2D eigenvalue weighted by molar-refractivity contribution is -0.00549. The molecule has 1 amide bonds. The van der Waals surface area contributed by atoms with Gasteiger partial charge in [0.25, 0.3) is 5.91 Å². The van der Waals surface area contributed by atoms with Gasteiger partial charge in [-0.15, -0.1) is 11.3 Å². The summed E-state index contributed by atoms with van der Waals surface area (Å²) in [7, 11) is 1.58. The van der Waals surface area contributed by atoms with E-state index in [1.54, 1.807) is 7.11 Å². The lowest BCUT2D eigenvalue weighted by atomic mass is 10.1. The van der Waals surface area contributed by atoms with Crippen molar-refractivity contribution in [3.63, 3.8) is 0 Å². The number of amides is 1. The number of carbonyl (C=O) groups is 1. The van der Waals surface area contributed by atoms with Gasteiger partial charge in [0.05, 0.1) is 26.4 Å². The minimum Gasteiger partial charge on any atom is -0.495 e. The maximum Gasteiger partial charge on any atom is 0.267 e. The molecule has 0 aromatic carbocycles. The number of hydrogen-bond acceptors (Lipinski definition) is 5. The Morgan fingerprint density at radius 3 is 2.89 bits per heavy atom. The minimum absolute atomic E-state index is 0.0347. The maximum absolute atomic E-state index is 12.3. The molecule has 0 radical (unpaired) electrons. The molecule has 2 heterocycles. The van der Waals surface area contributed by atoms with Gasteiger partial charge in [-0.3, -0.25) is 4.79 Å². The number of methoxy groups -OCH3 is 1. The average Bonchev–Trinajstić information content (AvgIpc) is 2.93. The Bertz CT molecular complexity index is 413. The van der Waals surface area contributed by atoms with Gasteiger partial charge in [0, 0.05) is 13.1 Å². The molecule has 19 heavy (non-hydrogen) atoms. The van der Waals surface area contributed by atoms with Crippen LogP contribution in [0, 0.1) is 0 Å². The van der Waals surface area contributed by atoms with Gasteiger partial charge in [-0.2, -0.15) is 0 Å². The van der Waals surface area contributed by atoms with Crippen molar-refractivity contribution >= 4 is 17.2 Å². The highest BCUT2D eigenvalue weighted by Crippen LogP contribution is 2.27. The van der Waals surface area contributed by atoms with Crippen molar-refractivity contribution in [1.82, 2.24) is 4.90 Å². The molecular weight excluding hydrogens is 266 g/mol. The molecule has 1 aromatic rings. The van der Waals surface area contributed by atoms with Crippen molar-refractivity contribution in [3.05, 3.63) is 16.3 Å². The SMILES string of the molecule is COc1ccsc1C(=O)N1CCC(OCCO)CC1. The molecule has 1 saturated heterocycles. The fourth-order valence-electron chi connectivity index (χ4n) is 2.20. The maximum atomic E-state index is 12.3. The van der Waals surface area contributed by atoms with Gasteiger partial charge < -0.3 is 19.5 Å². The summed E-state index contributed by atoms with van der Waals surface area (Å²) in [4.78, 5) is 14.8. The van der Waals surface area contributed by atoms with Crippen LogP contribution in [0.25, 0.3) is 0 Å². The van der Waals surface area contributed by atoms with Crippen LogP contribution >= 0.6 is 11.3 Å². The third kappa shape index (κ3) is 3.46. The number of likely N-dealkylation sites (tertiary alicyclic amines) is 1. The van der Waals surface area contributed by atoms with Crippen molar-refractivity contribution in [2.45, 2.75) is 18.9 Å². The summed E-state index contributed by atoms with van der Waals surface area (Å²) in [6, 6.07) is 1.81. The number of aliphatic hydroxyl groups is 1. The first-order valence-corrected chi connectivity index (χ1v) is 7.27.